The van der Waals surface area contributed by atoms with Crippen molar-refractivity contribution in [2.75, 3.05) is 44.1 Å². The summed E-state index contributed by atoms with van der Waals surface area (Å²) < 4.78 is 6.42. The average molecular weight is 315 g/mol. The summed E-state index contributed by atoms with van der Waals surface area (Å²) in [5.74, 6) is 2.32. The molecule has 0 aliphatic carbocycles. The van der Waals surface area contributed by atoms with Crippen LogP contribution in [0.15, 0.2) is 10.8 Å². The number of hydrogen-bond acceptors (Lipinski definition) is 5. The van der Waals surface area contributed by atoms with Gasteiger partial charge in [0.1, 0.15) is 22.4 Å². The first-order valence-electron chi connectivity index (χ1n) is 6.19. The molecule has 2 heterocycles. The maximum Gasteiger partial charge on any atom is 0.148 e. The average Bonchev–Trinajstić information content (AvgIpc) is 2.40. The molecule has 1 fully saturated rings. The summed E-state index contributed by atoms with van der Waals surface area (Å²) in [4.78, 5) is 10.7. The van der Waals surface area contributed by atoms with Crippen LogP contribution >= 0.6 is 15.9 Å². The van der Waals surface area contributed by atoms with Crippen molar-refractivity contribution < 1.29 is 4.74 Å². The molecule has 0 amide bonds. The number of rotatable bonds is 4. The lowest BCUT2D eigenvalue weighted by Crippen LogP contribution is -2.31. The van der Waals surface area contributed by atoms with Gasteiger partial charge in [0.15, 0.2) is 0 Å². The minimum atomic E-state index is 0.587. The predicted molar refractivity (Wildman–Crippen MR) is 76.1 cm³/mol. The number of halogens is 1. The van der Waals surface area contributed by atoms with Crippen molar-refractivity contribution in [2.45, 2.75) is 12.8 Å². The summed E-state index contributed by atoms with van der Waals surface area (Å²) in [6.45, 7) is 2.71. The first-order valence-corrected chi connectivity index (χ1v) is 6.98. The molecule has 1 saturated heterocycles. The molecule has 1 N–H and O–H groups in total. The van der Waals surface area contributed by atoms with Gasteiger partial charge < -0.3 is 15.0 Å². The van der Waals surface area contributed by atoms with Crippen molar-refractivity contribution >= 4 is 27.6 Å². The van der Waals surface area contributed by atoms with E-state index in [1.165, 1.54) is 6.42 Å². The lowest BCUT2D eigenvalue weighted by Gasteiger charge is -2.28. The molecule has 0 radical (unpaired) electrons. The quantitative estimate of drug-likeness (QED) is 0.922. The molecule has 1 unspecified atom stereocenters. The van der Waals surface area contributed by atoms with Crippen molar-refractivity contribution in [3.05, 3.63) is 10.8 Å². The van der Waals surface area contributed by atoms with E-state index >= 15 is 0 Å². The normalized spacial score (nSPS) is 19.6. The molecular formula is C12H19BrN4O. The van der Waals surface area contributed by atoms with Crippen molar-refractivity contribution in [3.8, 4) is 0 Å². The topological polar surface area (TPSA) is 50.3 Å². The highest BCUT2D eigenvalue weighted by molar-refractivity contribution is 9.10. The molecular weight excluding hydrogens is 296 g/mol. The van der Waals surface area contributed by atoms with Crippen LogP contribution in [0.1, 0.15) is 12.8 Å². The van der Waals surface area contributed by atoms with Gasteiger partial charge in [0.05, 0.1) is 6.61 Å². The predicted octanol–water partition coefficient (Wildman–Crippen LogP) is 2.14. The van der Waals surface area contributed by atoms with E-state index in [0.29, 0.717) is 5.92 Å². The van der Waals surface area contributed by atoms with E-state index in [0.717, 1.165) is 42.3 Å². The molecule has 6 heteroatoms. The first kappa shape index (κ1) is 13.5. The summed E-state index contributed by atoms with van der Waals surface area (Å²) in [6.07, 6.45) is 3.97. The Morgan fingerprint density at radius 2 is 2.39 bits per heavy atom. The maximum absolute atomic E-state index is 5.51. The number of nitrogens with zero attached hydrogens (tertiary/aromatic N) is 3. The molecule has 0 spiro atoms. The monoisotopic (exact) mass is 314 g/mol. The van der Waals surface area contributed by atoms with Crippen LogP contribution < -0.4 is 10.2 Å². The van der Waals surface area contributed by atoms with Crippen molar-refractivity contribution in [1.82, 2.24) is 9.97 Å². The fraction of sp³-hybridized carbons (Fsp3) is 0.667. The molecule has 2 rings (SSSR count). The summed E-state index contributed by atoms with van der Waals surface area (Å²) in [7, 11) is 3.91. The summed E-state index contributed by atoms with van der Waals surface area (Å²) in [6, 6.07) is 0. The fourth-order valence-electron chi connectivity index (χ4n) is 2.23. The fourth-order valence-corrected chi connectivity index (χ4v) is 2.93. The zero-order valence-corrected chi connectivity index (χ0v) is 12.4. The maximum atomic E-state index is 5.51. The lowest BCUT2D eigenvalue weighted by molar-refractivity contribution is 0.0576. The third kappa shape index (κ3) is 3.11. The highest BCUT2D eigenvalue weighted by Crippen LogP contribution is 2.29. The Labute approximate surface area is 116 Å². The number of hydrogen-bond donors (Lipinski definition) is 1. The second-order valence-electron chi connectivity index (χ2n) is 4.57. The van der Waals surface area contributed by atoms with Crippen LogP contribution in [-0.2, 0) is 4.74 Å². The molecule has 0 saturated carbocycles. The van der Waals surface area contributed by atoms with Crippen molar-refractivity contribution in [1.29, 1.82) is 0 Å². The SMILES string of the molecule is CNc1ncnc(N(C)CC2CCCOC2)c1Br. The van der Waals surface area contributed by atoms with Gasteiger partial charge in [-0.25, -0.2) is 9.97 Å². The third-order valence-corrected chi connectivity index (χ3v) is 3.89. The third-order valence-electron chi connectivity index (χ3n) is 3.16. The molecule has 0 bridgehead atoms. The van der Waals surface area contributed by atoms with Crippen LogP contribution in [0.3, 0.4) is 0 Å². The zero-order valence-electron chi connectivity index (χ0n) is 10.8. The number of ether oxygens (including phenoxy) is 1. The van der Waals surface area contributed by atoms with Gasteiger partial charge in [0.25, 0.3) is 0 Å². The zero-order chi connectivity index (χ0) is 13.0. The van der Waals surface area contributed by atoms with E-state index in [4.69, 9.17) is 4.74 Å². The summed E-state index contributed by atoms with van der Waals surface area (Å²) in [5.41, 5.74) is 0. The van der Waals surface area contributed by atoms with Gasteiger partial charge in [-0.3, -0.25) is 0 Å². The highest BCUT2D eigenvalue weighted by atomic mass is 79.9. The molecule has 5 nitrogen and oxygen atoms in total. The second kappa shape index (κ2) is 6.33. The van der Waals surface area contributed by atoms with Gasteiger partial charge in [-0.05, 0) is 34.7 Å². The minimum absolute atomic E-state index is 0.587. The molecule has 1 atom stereocenters. The Balaban J connectivity index is 2.05. The largest absolute Gasteiger partial charge is 0.381 e. The molecule has 0 aromatic carbocycles. The lowest BCUT2D eigenvalue weighted by atomic mass is 10.0. The molecule has 1 aromatic heterocycles. The van der Waals surface area contributed by atoms with Crippen molar-refractivity contribution in [3.63, 3.8) is 0 Å². The van der Waals surface area contributed by atoms with E-state index in [2.05, 4.69) is 43.2 Å². The van der Waals surface area contributed by atoms with Gasteiger partial charge in [-0.1, -0.05) is 0 Å². The van der Waals surface area contributed by atoms with E-state index in [1.807, 2.05) is 7.05 Å². The van der Waals surface area contributed by atoms with Crippen LogP contribution in [0.5, 0.6) is 0 Å². The highest BCUT2D eigenvalue weighted by Gasteiger charge is 2.19. The van der Waals surface area contributed by atoms with Gasteiger partial charge in [-0.15, -0.1) is 0 Å². The van der Waals surface area contributed by atoms with E-state index in [9.17, 15) is 0 Å². The van der Waals surface area contributed by atoms with Gasteiger partial charge in [0.2, 0.25) is 0 Å². The summed E-state index contributed by atoms with van der Waals surface area (Å²) in [5, 5.41) is 3.04. The summed E-state index contributed by atoms with van der Waals surface area (Å²) >= 11 is 3.55. The van der Waals surface area contributed by atoms with Crippen LogP contribution in [0.2, 0.25) is 0 Å². The number of aromatic nitrogens is 2. The Bertz CT molecular complexity index is 396. The standard InChI is InChI=1S/C12H19BrN4O/c1-14-11-10(13)12(16-8-15-11)17(2)6-9-4-3-5-18-7-9/h8-9H,3-7H2,1-2H3,(H,14,15,16). The van der Waals surface area contributed by atoms with Crippen LogP contribution in [0.25, 0.3) is 0 Å². The van der Waals surface area contributed by atoms with E-state index in [-0.39, 0.29) is 0 Å². The van der Waals surface area contributed by atoms with E-state index < -0.39 is 0 Å². The Kier molecular flexibility index (Phi) is 4.77. The molecule has 1 aliphatic rings. The van der Waals surface area contributed by atoms with Crippen molar-refractivity contribution in [2.24, 2.45) is 5.92 Å². The molecule has 1 aromatic rings. The van der Waals surface area contributed by atoms with Crippen LogP contribution in [0, 0.1) is 5.92 Å². The first-order chi connectivity index (χ1) is 8.72. The second-order valence-corrected chi connectivity index (χ2v) is 5.37. The van der Waals surface area contributed by atoms with Gasteiger partial charge in [-0.2, -0.15) is 0 Å². The Morgan fingerprint density at radius 3 is 3.06 bits per heavy atom. The minimum Gasteiger partial charge on any atom is -0.381 e. The Hall–Kier alpha value is -0.880. The molecule has 18 heavy (non-hydrogen) atoms. The van der Waals surface area contributed by atoms with Gasteiger partial charge in [0, 0.05) is 27.2 Å². The molecule has 1 aliphatic heterocycles. The van der Waals surface area contributed by atoms with Gasteiger partial charge >= 0.3 is 0 Å². The molecule has 100 valence electrons. The van der Waals surface area contributed by atoms with Crippen LogP contribution in [0.4, 0.5) is 11.6 Å². The number of nitrogens with one attached hydrogen (secondary N) is 1. The smallest absolute Gasteiger partial charge is 0.148 e. The Morgan fingerprint density at radius 1 is 1.56 bits per heavy atom. The van der Waals surface area contributed by atoms with E-state index in [1.54, 1.807) is 6.33 Å². The number of anilines is 2. The van der Waals surface area contributed by atoms with Crippen LogP contribution in [-0.4, -0.2) is 43.8 Å².